The molecule has 0 bridgehead atoms. The van der Waals surface area contributed by atoms with Crippen molar-refractivity contribution in [2.45, 2.75) is 19.9 Å². The van der Waals surface area contributed by atoms with E-state index in [9.17, 15) is 0 Å². The van der Waals surface area contributed by atoms with Crippen LogP contribution in [0.2, 0.25) is 0 Å². The number of pyridine rings is 1. The fourth-order valence-corrected chi connectivity index (χ4v) is 2.29. The molecule has 2 rings (SSSR count). The second-order valence-electron chi connectivity index (χ2n) is 5.71. The van der Waals surface area contributed by atoms with Crippen LogP contribution in [0.15, 0.2) is 47.6 Å². The van der Waals surface area contributed by atoms with Crippen molar-refractivity contribution in [1.29, 1.82) is 0 Å². The molecule has 7 nitrogen and oxygen atoms in total. The summed E-state index contributed by atoms with van der Waals surface area (Å²) >= 11 is 0. The van der Waals surface area contributed by atoms with Crippen LogP contribution >= 0.6 is 24.0 Å². The zero-order valence-corrected chi connectivity index (χ0v) is 18.9. The molecule has 0 atom stereocenters. The number of rotatable bonds is 10. The predicted molar refractivity (Wildman–Crippen MR) is 122 cm³/mol. The second kappa shape index (κ2) is 14.0. The summed E-state index contributed by atoms with van der Waals surface area (Å²) < 4.78 is 16.8. The summed E-state index contributed by atoms with van der Waals surface area (Å²) in [6.07, 6.45) is 2.64. The molecule has 0 aliphatic carbocycles. The molecule has 0 fully saturated rings. The van der Waals surface area contributed by atoms with E-state index in [0.717, 1.165) is 12.0 Å². The molecule has 1 aromatic carbocycles. The Hall–Kier alpha value is -2.07. The van der Waals surface area contributed by atoms with Gasteiger partial charge in [0, 0.05) is 39.0 Å². The van der Waals surface area contributed by atoms with Gasteiger partial charge in [-0.15, -0.1) is 24.0 Å². The summed E-state index contributed by atoms with van der Waals surface area (Å²) in [5, 5.41) is 6.43. The number of benzene rings is 1. The minimum absolute atomic E-state index is 0. The number of nitrogens with zero attached hydrogens (tertiary/aromatic N) is 2. The van der Waals surface area contributed by atoms with Crippen LogP contribution in [0.3, 0.4) is 0 Å². The van der Waals surface area contributed by atoms with Gasteiger partial charge >= 0.3 is 0 Å². The maximum atomic E-state index is 6.05. The number of aromatic nitrogens is 1. The SMILES string of the molecule is CCCOc1ccccc1Oc1ncccc1CNC(=NC)NCCOC.I. The Morgan fingerprint density at radius 2 is 1.86 bits per heavy atom. The van der Waals surface area contributed by atoms with Crippen molar-refractivity contribution in [1.82, 2.24) is 15.6 Å². The first-order valence-electron chi connectivity index (χ1n) is 9.05. The van der Waals surface area contributed by atoms with Crippen molar-refractivity contribution in [3.05, 3.63) is 48.2 Å². The number of para-hydroxylation sites is 2. The van der Waals surface area contributed by atoms with Crippen LogP contribution in [-0.2, 0) is 11.3 Å². The van der Waals surface area contributed by atoms with Gasteiger partial charge in [-0.1, -0.05) is 25.1 Å². The highest BCUT2D eigenvalue weighted by atomic mass is 127. The number of ether oxygens (including phenoxy) is 3. The van der Waals surface area contributed by atoms with Crippen LogP contribution < -0.4 is 20.1 Å². The first-order chi connectivity index (χ1) is 13.3. The van der Waals surface area contributed by atoms with Crippen LogP contribution in [0, 0.1) is 0 Å². The zero-order valence-electron chi connectivity index (χ0n) is 16.6. The standard InChI is InChI=1S/C20H28N4O3.HI/c1-4-13-26-17-9-5-6-10-18(17)27-19-16(8-7-11-22-19)15-24-20(21-2)23-12-14-25-3;/h5-11H,4,12-15H2,1-3H3,(H2,21,23,24);1H. The topological polar surface area (TPSA) is 77.0 Å². The molecule has 1 aromatic heterocycles. The molecule has 0 aliphatic rings. The van der Waals surface area contributed by atoms with Gasteiger partial charge in [-0.3, -0.25) is 4.99 Å². The van der Waals surface area contributed by atoms with Crippen LogP contribution in [0.4, 0.5) is 0 Å². The Kier molecular flexibility index (Phi) is 12.0. The van der Waals surface area contributed by atoms with Gasteiger partial charge in [0.1, 0.15) is 0 Å². The van der Waals surface area contributed by atoms with Gasteiger partial charge in [0.15, 0.2) is 17.5 Å². The van der Waals surface area contributed by atoms with Gasteiger partial charge in [0.2, 0.25) is 5.88 Å². The number of aliphatic imine (C=N–C) groups is 1. The molecule has 8 heteroatoms. The largest absolute Gasteiger partial charge is 0.490 e. The number of nitrogens with one attached hydrogen (secondary N) is 2. The lowest BCUT2D eigenvalue weighted by Crippen LogP contribution is -2.38. The van der Waals surface area contributed by atoms with E-state index in [2.05, 4.69) is 27.5 Å². The molecule has 0 unspecified atom stereocenters. The van der Waals surface area contributed by atoms with Crippen LogP contribution in [0.25, 0.3) is 0 Å². The van der Waals surface area contributed by atoms with Gasteiger partial charge in [-0.05, 0) is 24.6 Å². The minimum Gasteiger partial charge on any atom is -0.490 e. The summed E-state index contributed by atoms with van der Waals surface area (Å²) in [5.41, 5.74) is 0.914. The molecule has 28 heavy (non-hydrogen) atoms. The Bertz CT molecular complexity index is 728. The first kappa shape index (κ1) is 24.0. The van der Waals surface area contributed by atoms with Gasteiger partial charge < -0.3 is 24.8 Å². The third-order valence-electron chi connectivity index (χ3n) is 3.64. The van der Waals surface area contributed by atoms with E-state index < -0.39 is 0 Å². The molecule has 0 spiro atoms. The molecule has 0 aliphatic heterocycles. The summed E-state index contributed by atoms with van der Waals surface area (Å²) in [5.74, 6) is 2.58. The van der Waals surface area contributed by atoms with E-state index in [1.165, 1.54) is 0 Å². The van der Waals surface area contributed by atoms with E-state index in [-0.39, 0.29) is 24.0 Å². The number of guanidine groups is 1. The third kappa shape index (κ3) is 7.89. The van der Waals surface area contributed by atoms with E-state index >= 15 is 0 Å². The number of hydrogen-bond donors (Lipinski definition) is 2. The van der Waals surface area contributed by atoms with E-state index in [1.54, 1.807) is 20.4 Å². The normalized spacial score (nSPS) is 10.8. The Labute approximate surface area is 183 Å². The lowest BCUT2D eigenvalue weighted by atomic mass is 10.2. The van der Waals surface area contributed by atoms with E-state index in [4.69, 9.17) is 14.2 Å². The zero-order chi connectivity index (χ0) is 19.3. The van der Waals surface area contributed by atoms with Crippen molar-refractivity contribution < 1.29 is 14.2 Å². The maximum absolute atomic E-state index is 6.05. The molecule has 1 heterocycles. The van der Waals surface area contributed by atoms with E-state index in [0.29, 0.717) is 49.6 Å². The highest BCUT2D eigenvalue weighted by Crippen LogP contribution is 2.31. The predicted octanol–water partition coefficient (Wildman–Crippen LogP) is 3.59. The van der Waals surface area contributed by atoms with Gasteiger partial charge in [-0.25, -0.2) is 4.98 Å². The third-order valence-corrected chi connectivity index (χ3v) is 3.64. The lowest BCUT2D eigenvalue weighted by Gasteiger charge is -2.15. The highest BCUT2D eigenvalue weighted by Gasteiger charge is 2.11. The van der Waals surface area contributed by atoms with Crippen molar-refractivity contribution in [3.8, 4) is 17.4 Å². The van der Waals surface area contributed by atoms with Gasteiger partial charge in [-0.2, -0.15) is 0 Å². The van der Waals surface area contributed by atoms with Crippen molar-refractivity contribution >= 4 is 29.9 Å². The fourth-order valence-electron chi connectivity index (χ4n) is 2.29. The van der Waals surface area contributed by atoms with Gasteiger partial charge in [0.25, 0.3) is 0 Å². The van der Waals surface area contributed by atoms with Crippen LogP contribution in [0.5, 0.6) is 17.4 Å². The van der Waals surface area contributed by atoms with Crippen LogP contribution in [-0.4, -0.2) is 44.9 Å². The molecule has 2 N–H and O–H groups in total. The molecular formula is C20H29IN4O3. The lowest BCUT2D eigenvalue weighted by molar-refractivity contribution is 0.203. The van der Waals surface area contributed by atoms with Gasteiger partial charge in [0.05, 0.1) is 13.2 Å². The summed E-state index contributed by atoms with van der Waals surface area (Å²) in [4.78, 5) is 8.57. The van der Waals surface area contributed by atoms with Crippen LogP contribution in [0.1, 0.15) is 18.9 Å². The fraction of sp³-hybridized carbons (Fsp3) is 0.400. The molecule has 0 saturated carbocycles. The summed E-state index contributed by atoms with van der Waals surface area (Å²) in [6, 6.07) is 11.5. The number of halogens is 1. The van der Waals surface area contributed by atoms with Crippen molar-refractivity contribution in [3.63, 3.8) is 0 Å². The minimum atomic E-state index is 0. The van der Waals surface area contributed by atoms with E-state index in [1.807, 2.05) is 36.4 Å². The highest BCUT2D eigenvalue weighted by molar-refractivity contribution is 14.0. The molecule has 0 radical (unpaired) electrons. The second-order valence-corrected chi connectivity index (χ2v) is 5.71. The molecule has 2 aromatic rings. The Balaban J connectivity index is 0.00000392. The summed E-state index contributed by atoms with van der Waals surface area (Å²) in [7, 11) is 3.39. The molecule has 0 saturated heterocycles. The Morgan fingerprint density at radius 1 is 1.07 bits per heavy atom. The maximum Gasteiger partial charge on any atom is 0.224 e. The van der Waals surface area contributed by atoms with Crippen molar-refractivity contribution in [2.75, 3.05) is 33.9 Å². The van der Waals surface area contributed by atoms with Crippen molar-refractivity contribution in [2.24, 2.45) is 4.99 Å². The average Bonchev–Trinajstić information content (AvgIpc) is 2.71. The number of methoxy groups -OCH3 is 1. The first-order valence-corrected chi connectivity index (χ1v) is 9.05. The smallest absolute Gasteiger partial charge is 0.224 e. The molecule has 154 valence electrons. The quantitative estimate of drug-likeness (QED) is 0.225. The molecular weight excluding hydrogens is 471 g/mol. The number of hydrogen-bond acceptors (Lipinski definition) is 5. The molecule has 0 amide bonds. The average molecular weight is 500 g/mol. The Morgan fingerprint density at radius 3 is 2.57 bits per heavy atom. The summed E-state index contributed by atoms with van der Waals surface area (Å²) in [6.45, 7) is 4.51. The monoisotopic (exact) mass is 500 g/mol.